The van der Waals surface area contributed by atoms with Crippen molar-refractivity contribution < 1.29 is 9.59 Å². The van der Waals surface area contributed by atoms with E-state index in [4.69, 9.17) is 5.73 Å². The second kappa shape index (κ2) is 7.75. The quantitative estimate of drug-likeness (QED) is 0.549. The topological polar surface area (TPSA) is 84.2 Å². The molecule has 0 heterocycles. The molecule has 0 saturated heterocycles. The molecule has 1 aromatic carbocycles. The fourth-order valence-corrected chi connectivity index (χ4v) is 1.78. The number of carbonyl (C=O) groups excluding carboxylic acids is 2. The van der Waals surface area contributed by atoms with Crippen molar-refractivity contribution in [1.29, 1.82) is 0 Å². The fraction of sp³-hybridized carbons (Fsp3) is 0.429. The minimum atomic E-state index is -0.194. The molecule has 4 N–H and O–H groups in total. The van der Waals surface area contributed by atoms with Gasteiger partial charge in [0.1, 0.15) is 0 Å². The van der Waals surface area contributed by atoms with Crippen LogP contribution in [0.2, 0.25) is 0 Å². The zero-order chi connectivity index (χ0) is 13.7. The second-order valence-electron chi connectivity index (χ2n) is 4.79. The first-order chi connectivity index (χ1) is 9.16. The molecule has 0 bridgehead atoms. The Bertz CT molecular complexity index is 475. The van der Waals surface area contributed by atoms with Crippen molar-refractivity contribution in [1.82, 2.24) is 10.6 Å². The number of hydrogen-bond acceptors (Lipinski definition) is 3. The third-order valence-electron chi connectivity index (χ3n) is 3.01. The van der Waals surface area contributed by atoms with Crippen LogP contribution in [0.3, 0.4) is 0 Å². The molecule has 1 aliphatic carbocycles. The first-order valence-corrected chi connectivity index (χ1v) is 6.59. The average Bonchev–Trinajstić information content (AvgIpc) is 3.19. The lowest BCUT2D eigenvalue weighted by atomic mass is 10.1. The van der Waals surface area contributed by atoms with Crippen LogP contribution in [0, 0.1) is 0 Å². The summed E-state index contributed by atoms with van der Waals surface area (Å²) in [7, 11) is 0. The highest BCUT2D eigenvalue weighted by atomic mass is 35.5. The monoisotopic (exact) mass is 297 g/mol. The number of nitrogens with one attached hydrogen (secondary N) is 2. The largest absolute Gasteiger partial charge is 0.398 e. The van der Waals surface area contributed by atoms with E-state index in [1.54, 1.807) is 24.3 Å². The van der Waals surface area contributed by atoms with Gasteiger partial charge in [-0.05, 0) is 31.4 Å². The Morgan fingerprint density at radius 2 is 1.95 bits per heavy atom. The van der Waals surface area contributed by atoms with Gasteiger partial charge in [0.15, 0.2) is 0 Å². The summed E-state index contributed by atoms with van der Waals surface area (Å²) in [5.41, 5.74) is 6.65. The van der Waals surface area contributed by atoms with E-state index < -0.39 is 0 Å². The smallest absolute Gasteiger partial charge is 0.253 e. The van der Waals surface area contributed by atoms with Crippen LogP contribution in [0.1, 0.15) is 36.0 Å². The van der Waals surface area contributed by atoms with E-state index >= 15 is 0 Å². The molecule has 6 heteroatoms. The summed E-state index contributed by atoms with van der Waals surface area (Å²) in [5, 5.41) is 5.68. The Kier molecular flexibility index (Phi) is 6.31. The van der Waals surface area contributed by atoms with Gasteiger partial charge in [-0.1, -0.05) is 12.1 Å². The number of amides is 2. The summed E-state index contributed by atoms with van der Waals surface area (Å²) in [5.74, 6) is -0.128. The average molecular weight is 298 g/mol. The van der Waals surface area contributed by atoms with Gasteiger partial charge in [0.05, 0.1) is 5.56 Å². The third-order valence-corrected chi connectivity index (χ3v) is 3.01. The normalized spacial score (nSPS) is 13.2. The lowest BCUT2D eigenvalue weighted by molar-refractivity contribution is -0.121. The highest BCUT2D eigenvalue weighted by Gasteiger charge is 2.22. The maximum Gasteiger partial charge on any atom is 0.253 e. The van der Waals surface area contributed by atoms with E-state index in [1.165, 1.54) is 0 Å². The number of halogens is 1. The van der Waals surface area contributed by atoms with E-state index in [0.717, 1.165) is 12.8 Å². The van der Waals surface area contributed by atoms with Crippen molar-refractivity contribution in [2.45, 2.75) is 31.7 Å². The molecule has 0 aromatic heterocycles. The Hall–Kier alpha value is -1.75. The van der Waals surface area contributed by atoms with Gasteiger partial charge in [-0.3, -0.25) is 9.59 Å². The SMILES string of the molecule is Cl.Nc1ccccc1C(=O)NCCCC(=O)NC1CC1. The maximum atomic E-state index is 11.8. The number of carbonyl (C=O) groups is 2. The summed E-state index contributed by atoms with van der Waals surface area (Å²) in [6, 6.07) is 7.33. The standard InChI is InChI=1S/C14H19N3O2.ClH/c15-12-5-2-1-4-11(12)14(19)16-9-3-6-13(18)17-10-7-8-10;/h1-2,4-5,10H,3,6-9,15H2,(H,16,19)(H,17,18);1H. The van der Waals surface area contributed by atoms with Gasteiger partial charge in [-0.2, -0.15) is 0 Å². The molecule has 0 spiro atoms. The Morgan fingerprint density at radius 1 is 1.25 bits per heavy atom. The molecule has 110 valence electrons. The zero-order valence-corrected chi connectivity index (χ0v) is 12.0. The Balaban J connectivity index is 0.00000200. The molecular formula is C14H20ClN3O2. The molecule has 5 nitrogen and oxygen atoms in total. The van der Waals surface area contributed by atoms with Crippen LogP contribution in [0.4, 0.5) is 5.69 Å². The third kappa shape index (κ3) is 5.09. The van der Waals surface area contributed by atoms with Gasteiger partial charge >= 0.3 is 0 Å². The van der Waals surface area contributed by atoms with Crippen LogP contribution in [0.25, 0.3) is 0 Å². The number of nitrogens with two attached hydrogens (primary N) is 1. The predicted molar refractivity (Wildman–Crippen MR) is 80.8 cm³/mol. The zero-order valence-electron chi connectivity index (χ0n) is 11.2. The predicted octanol–water partition coefficient (Wildman–Crippen LogP) is 1.48. The summed E-state index contributed by atoms with van der Waals surface area (Å²) < 4.78 is 0. The molecule has 0 radical (unpaired) electrons. The number of hydrogen-bond donors (Lipinski definition) is 3. The number of para-hydroxylation sites is 1. The van der Waals surface area contributed by atoms with E-state index in [9.17, 15) is 9.59 Å². The molecule has 1 aromatic rings. The van der Waals surface area contributed by atoms with E-state index in [1.807, 2.05) is 0 Å². The Morgan fingerprint density at radius 3 is 2.60 bits per heavy atom. The molecule has 1 fully saturated rings. The molecule has 0 aliphatic heterocycles. The van der Waals surface area contributed by atoms with Gasteiger partial charge in [0, 0.05) is 24.7 Å². The van der Waals surface area contributed by atoms with Crippen molar-refractivity contribution in [2.24, 2.45) is 0 Å². The van der Waals surface area contributed by atoms with Crippen LogP contribution in [0.5, 0.6) is 0 Å². The van der Waals surface area contributed by atoms with Gasteiger partial charge in [-0.25, -0.2) is 0 Å². The summed E-state index contributed by atoms with van der Waals surface area (Å²) in [6.45, 7) is 0.477. The van der Waals surface area contributed by atoms with Crippen molar-refractivity contribution in [3.8, 4) is 0 Å². The van der Waals surface area contributed by atoms with E-state index in [-0.39, 0.29) is 24.2 Å². The minimum Gasteiger partial charge on any atom is -0.398 e. The van der Waals surface area contributed by atoms with Gasteiger partial charge in [0.25, 0.3) is 5.91 Å². The van der Waals surface area contributed by atoms with E-state index in [2.05, 4.69) is 10.6 Å². The second-order valence-corrected chi connectivity index (χ2v) is 4.79. The van der Waals surface area contributed by atoms with Crippen LogP contribution in [-0.4, -0.2) is 24.4 Å². The fourth-order valence-electron chi connectivity index (χ4n) is 1.78. The number of rotatable bonds is 6. The van der Waals surface area contributed by atoms with Crippen LogP contribution < -0.4 is 16.4 Å². The highest BCUT2D eigenvalue weighted by Crippen LogP contribution is 2.18. The van der Waals surface area contributed by atoms with Crippen molar-refractivity contribution >= 4 is 29.9 Å². The number of anilines is 1. The first kappa shape index (κ1) is 16.3. The summed E-state index contributed by atoms with van der Waals surface area (Å²) >= 11 is 0. The van der Waals surface area contributed by atoms with Crippen molar-refractivity contribution in [3.05, 3.63) is 29.8 Å². The lowest BCUT2D eigenvalue weighted by Crippen LogP contribution is -2.28. The lowest BCUT2D eigenvalue weighted by Gasteiger charge is -2.07. The molecule has 2 rings (SSSR count). The molecule has 0 unspecified atom stereocenters. The first-order valence-electron chi connectivity index (χ1n) is 6.59. The van der Waals surface area contributed by atoms with Gasteiger partial charge in [-0.15, -0.1) is 12.4 Å². The van der Waals surface area contributed by atoms with Crippen molar-refractivity contribution in [2.75, 3.05) is 12.3 Å². The van der Waals surface area contributed by atoms with E-state index in [0.29, 0.717) is 36.7 Å². The van der Waals surface area contributed by atoms with Crippen LogP contribution in [0.15, 0.2) is 24.3 Å². The molecule has 1 saturated carbocycles. The molecular weight excluding hydrogens is 278 g/mol. The molecule has 1 aliphatic rings. The number of benzene rings is 1. The van der Waals surface area contributed by atoms with Gasteiger partial charge < -0.3 is 16.4 Å². The minimum absolute atomic E-state index is 0. The Labute approximate surface area is 124 Å². The number of nitrogen functional groups attached to an aromatic ring is 1. The van der Waals surface area contributed by atoms with Crippen LogP contribution in [-0.2, 0) is 4.79 Å². The maximum absolute atomic E-state index is 11.8. The molecule has 2 amide bonds. The summed E-state index contributed by atoms with van der Waals surface area (Å²) in [4.78, 5) is 23.2. The highest BCUT2D eigenvalue weighted by molar-refractivity contribution is 5.99. The molecule has 20 heavy (non-hydrogen) atoms. The summed E-state index contributed by atoms with van der Waals surface area (Å²) in [6.07, 6.45) is 3.27. The molecule has 0 atom stereocenters. The van der Waals surface area contributed by atoms with Gasteiger partial charge in [0.2, 0.25) is 5.91 Å². The van der Waals surface area contributed by atoms with Crippen LogP contribution >= 0.6 is 12.4 Å². The van der Waals surface area contributed by atoms with Crippen molar-refractivity contribution in [3.63, 3.8) is 0 Å².